The maximum absolute atomic E-state index is 13.8. The summed E-state index contributed by atoms with van der Waals surface area (Å²) in [5.41, 5.74) is 0.228. The molecule has 2 bridgehead atoms. The number of piperidine rings is 1. The van der Waals surface area contributed by atoms with Gasteiger partial charge in [0.2, 0.25) is 0 Å². The average Bonchev–Trinajstić information content (AvgIpc) is 3.48. The maximum atomic E-state index is 13.8. The Morgan fingerprint density at radius 2 is 1.97 bits per heavy atom. The van der Waals surface area contributed by atoms with Crippen LogP contribution in [-0.2, 0) is 4.74 Å². The van der Waals surface area contributed by atoms with Crippen LogP contribution in [0, 0.1) is 5.92 Å². The summed E-state index contributed by atoms with van der Waals surface area (Å²) in [7, 11) is 0. The summed E-state index contributed by atoms with van der Waals surface area (Å²) >= 11 is 0. The number of nitrogens with zero attached hydrogens (tertiary/aromatic N) is 6. The van der Waals surface area contributed by atoms with Crippen LogP contribution in [0.2, 0.25) is 0 Å². The predicted molar refractivity (Wildman–Crippen MR) is 125 cm³/mol. The first-order valence-electron chi connectivity index (χ1n) is 12.4. The molecule has 1 amide bonds. The SMILES string of the molecule is CCC1CCC(n2cc(NC(=O)c3cnn4ccc(N5CC6CC(C5)O6)nc34)c(C(F)F)n2)CC1. The van der Waals surface area contributed by atoms with Crippen LogP contribution in [-0.4, -0.2) is 55.6 Å². The van der Waals surface area contributed by atoms with Gasteiger partial charge >= 0.3 is 0 Å². The van der Waals surface area contributed by atoms with Gasteiger partial charge in [0.25, 0.3) is 12.3 Å². The smallest absolute Gasteiger partial charge is 0.284 e. The van der Waals surface area contributed by atoms with Gasteiger partial charge in [0.15, 0.2) is 11.3 Å². The Hall–Kier alpha value is -3.08. The molecule has 2 unspecified atom stereocenters. The van der Waals surface area contributed by atoms with Crippen LogP contribution in [0.3, 0.4) is 0 Å². The molecule has 6 heterocycles. The first kappa shape index (κ1) is 22.4. The van der Waals surface area contributed by atoms with Gasteiger partial charge in [0, 0.05) is 31.9 Å². The van der Waals surface area contributed by atoms with Crippen LogP contribution in [0.4, 0.5) is 20.3 Å². The highest BCUT2D eigenvalue weighted by atomic mass is 19.3. The minimum Gasteiger partial charge on any atom is -0.371 e. The van der Waals surface area contributed by atoms with Crippen molar-refractivity contribution >= 4 is 23.1 Å². The lowest BCUT2D eigenvalue weighted by Gasteiger charge is -2.47. The Kier molecular flexibility index (Phi) is 5.66. The third kappa shape index (κ3) is 4.15. The molecule has 3 aliphatic heterocycles. The minimum atomic E-state index is -2.79. The average molecular weight is 486 g/mol. The van der Waals surface area contributed by atoms with Crippen LogP contribution in [0.15, 0.2) is 24.7 Å². The van der Waals surface area contributed by atoms with Crippen molar-refractivity contribution in [3.63, 3.8) is 0 Å². The Morgan fingerprint density at radius 3 is 2.66 bits per heavy atom. The van der Waals surface area contributed by atoms with E-state index in [9.17, 15) is 13.6 Å². The number of morpholine rings is 1. The summed E-state index contributed by atoms with van der Waals surface area (Å²) in [6.07, 6.45) is 8.50. The third-order valence-corrected chi connectivity index (χ3v) is 7.66. The fourth-order valence-corrected chi connectivity index (χ4v) is 5.60. The van der Waals surface area contributed by atoms with E-state index in [0.29, 0.717) is 11.6 Å². The number of hydrogen-bond acceptors (Lipinski definition) is 6. The molecule has 1 N–H and O–H groups in total. The van der Waals surface area contributed by atoms with E-state index < -0.39 is 18.0 Å². The molecule has 3 saturated heterocycles. The molecule has 2 atom stereocenters. The molecule has 0 spiro atoms. The number of fused-ring (bicyclic) bond motifs is 3. The van der Waals surface area contributed by atoms with E-state index in [1.165, 1.54) is 10.7 Å². The molecule has 11 heteroatoms. The van der Waals surface area contributed by atoms with Gasteiger partial charge in [-0.05, 0) is 37.7 Å². The normalized spacial score (nSPS) is 26.2. The van der Waals surface area contributed by atoms with Crippen molar-refractivity contribution in [2.75, 3.05) is 23.3 Å². The second-order valence-corrected chi connectivity index (χ2v) is 9.88. The number of alkyl halides is 2. The molecule has 1 aliphatic carbocycles. The fraction of sp³-hybridized carbons (Fsp3) is 0.583. The van der Waals surface area contributed by atoms with Gasteiger partial charge in [-0.3, -0.25) is 9.48 Å². The van der Waals surface area contributed by atoms with E-state index in [0.717, 1.165) is 57.4 Å². The molecule has 186 valence electrons. The van der Waals surface area contributed by atoms with Gasteiger partial charge in [0.1, 0.15) is 11.4 Å². The van der Waals surface area contributed by atoms with Crippen LogP contribution in [0.25, 0.3) is 5.65 Å². The standard InChI is InChI=1S/C24H29F2N7O2/c1-2-14-3-5-15(6-4-14)33-13-19(21(30-33)22(25)26)28-24(34)18-10-27-32-8-7-20(29-23(18)32)31-11-16-9-17(12-31)35-16/h7-8,10,13-17,22H,2-6,9,11-12H2,1H3,(H,28,34). The molecule has 4 fully saturated rings. The Labute approximate surface area is 201 Å². The molecule has 4 aliphatic rings. The molecule has 1 saturated carbocycles. The zero-order valence-electron chi connectivity index (χ0n) is 19.6. The molecule has 7 rings (SSSR count). The summed E-state index contributed by atoms with van der Waals surface area (Å²) < 4.78 is 36.4. The van der Waals surface area contributed by atoms with E-state index in [1.54, 1.807) is 17.1 Å². The number of aromatic nitrogens is 5. The Balaban J connectivity index is 1.23. The number of ether oxygens (including phenoxy) is 1. The predicted octanol–water partition coefficient (Wildman–Crippen LogP) is 4.23. The lowest BCUT2D eigenvalue weighted by molar-refractivity contribution is -0.133. The van der Waals surface area contributed by atoms with E-state index in [2.05, 4.69) is 32.3 Å². The first-order chi connectivity index (χ1) is 17.0. The van der Waals surface area contributed by atoms with Crippen molar-refractivity contribution in [2.24, 2.45) is 5.92 Å². The molecule has 3 aromatic rings. The second-order valence-electron chi connectivity index (χ2n) is 9.88. The highest BCUT2D eigenvalue weighted by molar-refractivity contribution is 6.08. The lowest BCUT2D eigenvalue weighted by Crippen LogP contribution is -2.57. The zero-order chi connectivity index (χ0) is 24.1. The van der Waals surface area contributed by atoms with Crippen LogP contribution >= 0.6 is 0 Å². The van der Waals surface area contributed by atoms with Gasteiger partial charge in [-0.15, -0.1) is 0 Å². The van der Waals surface area contributed by atoms with Crippen molar-refractivity contribution in [2.45, 2.75) is 70.1 Å². The second kappa shape index (κ2) is 8.85. The number of carbonyl (C=O) groups excluding carboxylic acids is 1. The van der Waals surface area contributed by atoms with Gasteiger partial charge in [-0.2, -0.15) is 10.2 Å². The van der Waals surface area contributed by atoms with Crippen molar-refractivity contribution in [1.29, 1.82) is 0 Å². The molecular formula is C24H29F2N7O2. The summed E-state index contributed by atoms with van der Waals surface area (Å²) in [6.45, 7) is 3.70. The first-order valence-corrected chi connectivity index (χ1v) is 12.4. The molecule has 0 aromatic carbocycles. The number of halogens is 2. The minimum absolute atomic E-state index is 0.0337. The largest absolute Gasteiger partial charge is 0.371 e. The molecular weight excluding hydrogens is 456 g/mol. The van der Waals surface area contributed by atoms with Crippen molar-refractivity contribution in [3.05, 3.63) is 35.9 Å². The number of nitrogens with one attached hydrogen (secondary N) is 1. The Bertz CT molecular complexity index is 1220. The summed E-state index contributed by atoms with van der Waals surface area (Å²) in [5, 5.41) is 11.0. The zero-order valence-corrected chi connectivity index (χ0v) is 19.6. The lowest BCUT2D eigenvalue weighted by atomic mass is 9.85. The quantitative estimate of drug-likeness (QED) is 0.562. The number of carbonyl (C=O) groups is 1. The summed E-state index contributed by atoms with van der Waals surface area (Å²) in [6, 6.07) is 1.93. The van der Waals surface area contributed by atoms with Crippen molar-refractivity contribution in [1.82, 2.24) is 24.4 Å². The highest BCUT2D eigenvalue weighted by Gasteiger charge is 2.39. The topological polar surface area (TPSA) is 89.6 Å². The van der Waals surface area contributed by atoms with E-state index >= 15 is 0 Å². The van der Waals surface area contributed by atoms with Gasteiger partial charge < -0.3 is 15.0 Å². The summed E-state index contributed by atoms with van der Waals surface area (Å²) in [4.78, 5) is 20.0. The molecule has 35 heavy (non-hydrogen) atoms. The maximum Gasteiger partial charge on any atom is 0.284 e. The van der Waals surface area contributed by atoms with Crippen molar-refractivity contribution in [3.8, 4) is 0 Å². The van der Waals surface area contributed by atoms with E-state index in [4.69, 9.17) is 4.74 Å². The highest BCUT2D eigenvalue weighted by Crippen LogP contribution is 2.36. The van der Waals surface area contributed by atoms with Crippen LogP contribution < -0.4 is 10.2 Å². The van der Waals surface area contributed by atoms with E-state index in [1.807, 2.05) is 6.07 Å². The van der Waals surface area contributed by atoms with E-state index in [-0.39, 0.29) is 29.5 Å². The number of anilines is 2. The van der Waals surface area contributed by atoms with Gasteiger partial charge in [-0.25, -0.2) is 18.3 Å². The van der Waals surface area contributed by atoms with Gasteiger partial charge in [0.05, 0.1) is 30.1 Å². The number of amides is 1. The molecule has 0 radical (unpaired) electrons. The van der Waals surface area contributed by atoms with Crippen molar-refractivity contribution < 1.29 is 18.3 Å². The monoisotopic (exact) mass is 485 g/mol. The number of rotatable bonds is 6. The number of hydrogen-bond donors (Lipinski definition) is 1. The molecule has 3 aromatic heterocycles. The Morgan fingerprint density at radius 1 is 1.23 bits per heavy atom. The van der Waals surface area contributed by atoms with Gasteiger partial charge in [-0.1, -0.05) is 13.3 Å². The fourth-order valence-electron chi connectivity index (χ4n) is 5.60. The third-order valence-electron chi connectivity index (χ3n) is 7.66. The van der Waals surface area contributed by atoms with Crippen LogP contribution in [0.1, 0.15) is 74.0 Å². The van der Waals surface area contributed by atoms with Crippen LogP contribution in [0.5, 0.6) is 0 Å². The molecule has 9 nitrogen and oxygen atoms in total. The summed E-state index contributed by atoms with van der Waals surface area (Å²) in [5.74, 6) is 0.895.